The van der Waals surface area contributed by atoms with Crippen LogP contribution in [0.4, 0.5) is 0 Å². The Morgan fingerprint density at radius 2 is 1.74 bits per heavy atom. The van der Waals surface area contributed by atoms with E-state index in [-0.39, 0.29) is 5.91 Å². The van der Waals surface area contributed by atoms with Gasteiger partial charge in [-0.3, -0.25) is 4.79 Å². The lowest BCUT2D eigenvalue weighted by Crippen LogP contribution is -2.26. The molecule has 0 bridgehead atoms. The number of hydrogen-bond acceptors (Lipinski definition) is 4. The van der Waals surface area contributed by atoms with Gasteiger partial charge < -0.3 is 19.4 Å². The van der Waals surface area contributed by atoms with Crippen LogP contribution in [-0.4, -0.2) is 35.7 Å². The van der Waals surface area contributed by atoms with E-state index < -0.39 is 0 Å². The Bertz CT molecular complexity index is 1470. The smallest absolute Gasteiger partial charge is 0.251 e. The number of hydrogen-bond donors (Lipinski definition) is 1. The molecular weight excluding hydrogens is 438 g/mol. The number of aromatic nitrogens is 2. The van der Waals surface area contributed by atoms with Crippen molar-refractivity contribution in [2.75, 3.05) is 20.3 Å². The molecule has 0 radical (unpaired) electrons. The monoisotopic (exact) mass is 465 g/mol. The maximum absolute atomic E-state index is 12.6. The number of amides is 1. The average Bonchev–Trinajstić information content (AvgIpc) is 3.26. The molecule has 5 rings (SSSR count). The normalized spacial score (nSPS) is 11.0. The summed E-state index contributed by atoms with van der Waals surface area (Å²) in [5.74, 6) is 2.31. The highest BCUT2D eigenvalue weighted by Gasteiger charge is 2.12. The third kappa shape index (κ3) is 4.96. The van der Waals surface area contributed by atoms with Crippen LogP contribution >= 0.6 is 0 Å². The summed E-state index contributed by atoms with van der Waals surface area (Å²) in [5.41, 5.74) is 2.57. The van der Waals surface area contributed by atoms with Gasteiger partial charge in [0.2, 0.25) is 0 Å². The van der Waals surface area contributed by atoms with Crippen LogP contribution in [0, 0.1) is 0 Å². The Morgan fingerprint density at radius 3 is 2.66 bits per heavy atom. The summed E-state index contributed by atoms with van der Waals surface area (Å²) in [6.45, 7) is 1.64. The first-order valence-corrected chi connectivity index (χ1v) is 11.7. The summed E-state index contributed by atoms with van der Waals surface area (Å²) < 4.78 is 13.6. The lowest BCUT2D eigenvalue weighted by Gasteiger charge is -2.13. The van der Waals surface area contributed by atoms with Gasteiger partial charge in [0, 0.05) is 23.9 Å². The zero-order chi connectivity index (χ0) is 24.0. The van der Waals surface area contributed by atoms with Crippen molar-refractivity contribution >= 4 is 27.7 Å². The molecule has 0 aliphatic carbocycles. The number of carbonyl (C=O) groups excluding carboxylic acids is 1. The number of rotatable bonds is 9. The summed E-state index contributed by atoms with van der Waals surface area (Å²) in [6.07, 6.45) is 0.610. The van der Waals surface area contributed by atoms with Gasteiger partial charge in [-0.15, -0.1) is 0 Å². The van der Waals surface area contributed by atoms with Crippen LogP contribution in [0.15, 0.2) is 91.0 Å². The largest absolute Gasteiger partial charge is 0.497 e. The van der Waals surface area contributed by atoms with Crippen LogP contribution < -0.4 is 14.8 Å². The minimum atomic E-state index is -0.133. The van der Waals surface area contributed by atoms with E-state index in [2.05, 4.69) is 34.1 Å². The quantitative estimate of drug-likeness (QED) is 0.323. The van der Waals surface area contributed by atoms with Crippen molar-refractivity contribution in [2.45, 2.75) is 13.0 Å². The van der Waals surface area contributed by atoms with Crippen molar-refractivity contribution in [3.63, 3.8) is 0 Å². The molecule has 0 saturated carbocycles. The molecule has 1 amide bonds. The number of fused-ring (bicyclic) bond motifs is 2. The van der Waals surface area contributed by atoms with Crippen LogP contribution in [0.5, 0.6) is 11.5 Å². The zero-order valence-electron chi connectivity index (χ0n) is 19.6. The summed E-state index contributed by atoms with van der Waals surface area (Å²) >= 11 is 0. The lowest BCUT2D eigenvalue weighted by atomic mass is 10.1. The Balaban J connectivity index is 1.28. The number of benzene rings is 4. The average molecular weight is 466 g/mol. The number of methoxy groups -OCH3 is 1. The van der Waals surface area contributed by atoms with Crippen LogP contribution in [0.25, 0.3) is 21.8 Å². The second-order valence-corrected chi connectivity index (χ2v) is 8.23. The van der Waals surface area contributed by atoms with Gasteiger partial charge in [0.15, 0.2) is 0 Å². The molecule has 6 nitrogen and oxygen atoms in total. The summed E-state index contributed by atoms with van der Waals surface area (Å²) in [7, 11) is 1.59. The molecule has 6 heteroatoms. The SMILES string of the molecule is COc1cccc(C(=O)NCCc2nc3ccccc3n2CCOc2cccc3ccccc23)c1. The van der Waals surface area contributed by atoms with Gasteiger partial charge in [-0.1, -0.05) is 54.6 Å². The lowest BCUT2D eigenvalue weighted by molar-refractivity contribution is 0.0953. The van der Waals surface area contributed by atoms with Crippen LogP contribution in [0.3, 0.4) is 0 Å². The van der Waals surface area contributed by atoms with Crippen molar-refractivity contribution < 1.29 is 14.3 Å². The molecule has 0 atom stereocenters. The van der Waals surface area contributed by atoms with Crippen LogP contribution in [-0.2, 0) is 13.0 Å². The molecule has 1 N–H and O–H groups in total. The van der Waals surface area contributed by atoms with E-state index in [1.807, 2.05) is 54.6 Å². The molecule has 35 heavy (non-hydrogen) atoms. The molecule has 0 aliphatic heterocycles. The topological polar surface area (TPSA) is 65.4 Å². The molecule has 176 valence electrons. The van der Waals surface area contributed by atoms with Gasteiger partial charge >= 0.3 is 0 Å². The first kappa shape index (κ1) is 22.5. The van der Waals surface area contributed by atoms with Gasteiger partial charge in [0.1, 0.15) is 23.9 Å². The maximum atomic E-state index is 12.6. The van der Waals surface area contributed by atoms with E-state index >= 15 is 0 Å². The fourth-order valence-corrected chi connectivity index (χ4v) is 4.29. The Kier molecular flexibility index (Phi) is 6.61. The zero-order valence-corrected chi connectivity index (χ0v) is 19.6. The van der Waals surface area contributed by atoms with E-state index in [4.69, 9.17) is 14.5 Å². The number of nitrogens with zero attached hydrogens (tertiary/aromatic N) is 2. The number of imidazole rings is 1. The molecule has 4 aromatic carbocycles. The predicted molar refractivity (Wildman–Crippen MR) is 138 cm³/mol. The van der Waals surface area contributed by atoms with Gasteiger partial charge in [-0.2, -0.15) is 0 Å². The van der Waals surface area contributed by atoms with E-state index in [9.17, 15) is 4.79 Å². The van der Waals surface area contributed by atoms with Crippen LogP contribution in [0.1, 0.15) is 16.2 Å². The first-order chi connectivity index (χ1) is 17.2. The summed E-state index contributed by atoms with van der Waals surface area (Å²) in [4.78, 5) is 17.4. The van der Waals surface area contributed by atoms with Gasteiger partial charge in [-0.05, 0) is 41.8 Å². The Labute approximate surface area is 204 Å². The first-order valence-electron chi connectivity index (χ1n) is 11.7. The minimum Gasteiger partial charge on any atom is -0.497 e. The van der Waals surface area contributed by atoms with Crippen molar-refractivity contribution in [2.24, 2.45) is 0 Å². The fraction of sp³-hybridized carbons (Fsp3) is 0.172. The highest BCUT2D eigenvalue weighted by atomic mass is 16.5. The van der Waals surface area contributed by atoms with Crippen molar-refractivity contribution in [1.29, 1.82) is 0 Å². The number of ether oxygens (including phenoxy) is 2. The van der Waals surface area contributed by atoms with E-state index in [1.165, 1.54) is 0 Å². The van der Waals surface area contributed by atoms with Crippen LogP contribution in [0.2, 0.25) is 0 Å². The third-order valence-corrected chi connectivity index (χ3v) is 6.02. The molecule has 0 saturated heterocycles. The Hall–Kier alpha value is -4.32. The van der Waals surface area contributed by atoms with Crippen molar-refractivity contribution in [1.82, 2.24) is 14.9 Å². The Morgan fingerprint density at radius 1 is 0.943 bits per heavy atom. The standard InChI is InChI=1S/C29H27N3O3/c1-34-23-11-6-10-22(20-23)29(33)30-17-16-28-31-25-13-4-5-14-26(25)32(28)18-19-35-27-15-7-9-21-8-2-3-12-24(21)27/h2-15,20H,16-19H2,1H3,(H,30,33). The molecule has 0 unspecified atom stereocenters. The van der Waals surface area contributed by atoms with E-state index in [0.717, 1.165) is 33.4 Å². The minimum absolute atomic E-state index is 0.133. The van der Waals surface area contributed by atoms with E-state index in [0.29, 0.717) is 37.4 Å². The van der Waals surface area contributed by atoms with E-state index in [1.54, 1.807) is 19.2 Å². The number of nitrogens with one attached hydrogen (secondary N) is 1. The molecule has 0 aliphatic rings. The molecule has 0 spiro atoms. The number of para-hydroxylation sites is 2. The molecule has 5 aromatic rings. The molecular formula is C29H27N3O3. The number of carbonyl (C=O) groups is 1. The summed E-state index contributed by atoms with van der Waals surface area (Å²) in [5, 5.41) is 5.25. The molecule has 0 fully saturated rings. The third-order valence-electron chi connectivity index (χ3n) is 6.02. The van der Waals surface area contributed by atoms with Gasteiger partial charge in [0.25, 0.3) is 5.91 Å². The molecule has 1 aromatic heterocycles. The second-order valence-electron chi connectivity index (χ2n) is 8.23. The second kappa shape index (κ2) is 10.3. The highest BCUT2D eigenvalue weighted by Crippen LogP contribution is 2.25. The summed E-state index contributed by atoms with van der Waals surface area (Å²) in [6, 6.07) is 29.5. The van der Waals surface area contributed by atoms with Gasteiger partial charge in [0.05, 0.1) is 24.7 Å². The fourth-order valence-electron chi connectivity index (χ4n) is 4.29. The maximum Gasteiger partial charge on any atom is 0.251 e. The molecule has 1 heterocycles. The van der Waals surface area contributed by atoms with Gasteiger partial charge in [-0.25, -0.2) is 4.98 Å². The van der Waals surface area contributed by atoms with Crippen molar-refractivity contribution in [3.8, 4) is 11.5 Å². The predicted octanol–water partition coefficient (Wildman–Crippen LogP) is 5.25. The van der Waals surface area contributed by atoms with Crippen molar-refractivity contribution in [3.05, 3.63) is 102 Å². The highest BCUT2D eigenvalue weighted by molar-refractivity contribution is 5.94.